The highest BCUT2D eigenvalue weighted by molar-refractivity contribution is 5.57. The van der Waals surface area contributed by atoms with Crippen LogP contribution in [0.1, 0.15) is 32.1 Å². The minimum Gasteiger partial charge on any atom is -0.361 e. The molecule has 0 atom stereocenters. The Morgan fingerprint density at radius 2 is 2.11 bits per heavy atom. The third kappa shape index (κ3) is 2.83. The number of nitro groups is 1. The molecule has 1 aliphatic carbocycles. The molecule has 0 bridgehead atoms. The molecule has 2 rings (SSSR count). The van der Waals surface area contributed by atoms with Crippen molar-refractivity contribution in [2.75, 3.05) is 10.7 Å². The number of hydrazine groups is 1. The summed E-state index contributed by atoms with van der Waals surface area (Å²) < 4.78 is 0. The van der Waals surface area contributed by atoms with Crippen molar-refractivity contribution in [2.45, 2.75) is 38.1 Å². The lowest BCUT2D eigenvalue weighted by molar-refractivity contribution is -0.384. The van der Waals surface area contributed by atoms with Gasteiger partial charge in [0.2, 0.25) is 11.8 Å². The Balaban J connectivity index is 2.19. The van der Waals surface area contributed by atoms with Crippen molar-refractivity contribution in [1.82, 2.24) is 9.97 Å². The summed E-state index contributed by atoms with van der Waals surface area (Å²) in [4.78, 5) is 18.2. The van der Waals surface area contributed by atoms with E-state index in [0.29, 0.717) is 0 Å². The van der Waals surface area contributed by atoms with Crippen LogP contribution in [0.2, 0.25) is 0 Å². The van der Waals surface area contributed by atoms with Crippen LogP contribution < -0.4 is 16.6 Å². The van der Waals surface area contributed by atoms with Crippen LogP contribution in [-0.2, 0) is 0 Å². The highest BCUT2D eigenvalue weighted by atomic mass is 16.6. The van der Waals surface area contributed by atoms with E-state index in [1.165, 1.54) is 6.42 Å². The summed E-state index contributed by atoms with van der Waals surface area (Å²) in [5, 5.41) is 14.0. The fraction of sp³-hybridized carbons (Fsp3) is 0.600. The first kappa shape index (κ1) is 12.5. The van der Waals surface area contributed by atoms with Crippen LogP contribution in [0.15, 0.2) is 6.20 Å². The van der Waals surface area contributed by atoms with E-state index >= 15 is 0 Å². The molecule has 1 aliphatic rings. The van der Waals surface area contributed by atoms with Gasteiger partial charge in [-0.15, -0.1) is 0 Å². The molecule has 1 aromatic rings. The largest absolute Gasteiger partial charge is 0.361 e. The van der Waals surface area contributed by atoms with Gasteiger partial charge in [0.05, 0.1) is 4.92 Å². The van der Waals surface area contributed by atoms with Crippen molar-refractivity contribution in [3.63, 3.8) is 0 Å². The number of hydrogen-bond donors (Lipinski definition) is 3. The molecule has 0 aliphatic heterocycles. The number of nitrogens with two attached hydrogens (primary N) is 1. The van der Waals surface area contributed by atoms with E-state index in [0.717, 1.165) is 31.9 Å². The summed E-state index contributed by atoms with van der Waals surface area (Å²) in [5.41, 5.74) is 2.16. The predicted molar refractivity (Wildman–Crippen MR) is 67.0 cm³/mol. The summed E-state index contributed by atoms with van der Waals surface area (Å²) in [5.74, 6) is 5.60. The number of rotatable bonds is 4. The van der Waals surface area contributed by atoms with Crippen molar-refractivity contribution in [2.24, 2.45) is 5.84 Å². The standard InChI is InChI=1S/C10H16N6O2/c11-15-10-12-6-8(16(17)18)9(14-10)13-7-4-2-1-3-5-7/h6-7H,1-5,11H2,(H2,12,13,14,15). The van der Waals surface area contributed by atoms with Gasteiger partial charge in [0, 0.05) is 6.04 Å². The lowest BCUT2D eigenvalue weighted by Crippen LogP contribution is -2.24. The van der Waals surface area contributed by atoms with E-state index in [2.05, 4.69) is 20.7 Å². The molecular formula is C10H16N6O2. The van der Waals surface area contributed by atoms with Crippen LogP contribution in [-0.4, -0.2) is 20.9 Å². The van der Waals surface area contributed by atoms with E-state index in [-0.39, 0.29) is 23.5 Å². The van der Waals surface area contributed by atoms with Gasteiger partial charge in [-0.05, 0) is 12.8 Å². The third-order valence-electron chi connectivity index (χ3n) is 3.04. The molecule has 1 saturated carbocycles. The number of nitrogens with zero attached hydrogens (tertiary/aromatic N) is 3. The fourth-order valence-corrected chi connectivity index (χ4v) is 2.13. The molecule has 0 unspecified atom stereocenters. The molecular weight excluding hydrogens is 236 g/mol. The quantitative estimate of drug-likeness (QED) is 0.421. The van der Waals surface area contributed by atoms with Gasteiger partial charge in [0.25, 0.3) is 0 Å². The minimum absolute atomic E-state index is 0.125. The number of hydrogen-bond acceptors (Lipinski definition) is 7. The molecule has 1 fully saturated rings. The molecule has 0 radical (unpaired) electrons. The summed E-state index contributed by atoms with van der Waals surface area (Å²) in [6, 6.07) is 0.234. The first-order chi connectivity index (χ1) is 8.70. The first-order valence-corrected chi connectivity index (χ1v) is 5.95. The van der Waals surface area contributed by atoms with Gasteiger partial charge in [-0.25, -0.2) is 10.8 Å². The number of nitrogen functional groups attached to an aromatic ring is 1. The Morgan fingerprint density at radius 1 is 1.39 bits per heavy atom. The molecule has 8 heteroatoms. The van der Waals surface area contributed by atoms with Gasteiger partial charge >= 0.3 is 5.69 Å². The summed E-state index contributed by atoms with van der Waals surface area (Å²) in [7, 11) is 0. The van der Waals surface area contributed by atoms with Crippen LogP contribution in [0.4, 0.5) is 17.5 Å². The molecule has 1 aromatic heterocycles. The lowest BCUT2D eigenvalue weighted by atomic mass is 9.95. The molecule has 1 heterocycles. The molecule has 8 nitrogen and oxygen atoms in total. The zero-order valence-electron chi connectivity index (χ0n) is 9.93. The van der Waals surface area contributed by atoms with E-state index < -0.39 is 4.92 Å². The van der Waals surface area contributed by atoms with Crippen molar-refractivity contribution in [3.8, 4) is 0 Å². The van der Waals surface area contributed by atoms with E-state index in [1.54, 1.807) is 0 Å². The average Bonchev–Trinajstić information content (AvgIpc) is 2.39. The highest BCUT2D eigenvalue weighted by Gasteiger charge is 2.21. The van der Waals surface area contributed by atoms with Gasteiger partial charge in [0.1, 0.15) is 6.20 Å². The molecule has 0 spiro atoms. The van der Waals surface area contributed by atoms with Crippen LogP contribution >= 0.6 is 0 Å². The fourth-order valence-electron chi connectivity index (χ4n) is 2.13. The summed E-state index contributed by atoms with van der Waals surface area (Å²) in [6.07, 6.45) is 6.67. The van der Waals surface area contributed by atoms with Crippen LogP contribution in [0, 0.1) is 10.1 Å². The molecule has 18 heavy (non-hydrogen) atoms. The van der Waals surface area contributed by atoms with Crippen LogP contribution in [0.3, 0.4) is 0 Å². The second kappa shape index (κ2) is 5.58. The smallest absolute Gasteiger partial charge is 0.329 e. The monoisotopic (exact) mass is 252 g/mol. The van der Waals surface area contributed by atoms with Crippen LogP contribution in [0.25, 0.3) is 0 Å². The number of aromatic nitrogens is 2. The molecule has 4 N–H and O–H groups in total. The van der Waals surface area contributed by atoms with Crippen molar-refractivity contribution in [3.05, 3.63) is 16.3 Å². The topological polar surface area (TPSA) is 119 Å². The molecule has 0 amide bonds. The highest BCUT2D eigenvalue weighted by Crippen LogP contribution is 2.26. The van der Waals surface area contributed by atoms with E-state index in [9.17, 15) is 10.1 Å². The maximum absolute atomic E-state index is 10.9. The second-order valence-corrected chi connectivity index (χ2v) is 4.31. The maximum Gasteiger partial charge on any atom is 0.329 e. The Morgan fingerprint density at radius 3 is 2.72 bits per heavy atom. The maximum atomic E-state index is 10.9. The zero-order chi connectivity index (χ0) is 13.0. The molecule has 98 valence electrons. The average molecular weight is 252 g/mol. The Labute approximate surface area is 104 Å². The van der Waals surface area contributed by atoms with Crippen molar-refractivity contribution in [1.29, 1.82) is 0 Å². The van der Waals surface area contributed by atoms with Gasteiger partial charge in [-0.3, -0.25) is 15.5 Å². The zero-order valence-corrected chi connectivity index (χ0v) is 9.93. The Kier molecular flexibility index (Phi) is 3.88. The van der Waals surface area contributed by atoms with Crippen LogP contribution in [0.5, 0.6) is 0 Å². The van der Waals surface area contributed by atoms with Gasteiger partial charge < -0.3 is 5.32 Å². The SMILES string of the molecule is NNc1ncc([N+](=O)[O-])c(NC2CCCCC2)n1. The summed E-state index contributed by atoms with van der Waals surface area (Å²) in [6.45, 7) is 0. The Bertz CT molecular complexity index is 432. The summed E-state index contributed by atoms with van der Waals surface area (Å²) >= 11 is 0. The lowest BCUT2D eigenvalue weighted by Gasteiger charge is -2.23. The first-order valence-electron chi connectivity index (χ1n) is 5.95. The predicted octanol–water partition coefficient (Wildman–Crippen LogP) is 1.41. The van der Waals surface area contributed by atoms with E-state index in [1.807, 2.05) is 0 Å². The van der Waals surface area contributed by atoms with Gasteiger partial charge in [-0.1, -0.05) is 19.3 Å². The number of nitrogens with one attached hydrogen (secondary N) is 2. The second-order valence-electron chi connectivity index (χ2n) is 4.31. The number of anilines is 2. The minimum atomic E-state index is -0.495. The van der Waals surface area contributed by atoms with Crippen molar-refractivity contribution >= 4 is 17.5 Å². The molecule has 0 aromatic carbocycles. The van der Waals surface area contributed by atoms with Gasteiger partial charge in [-0.2, -0.15) is 4.98 Å². The van der Waals surface area contributed by atoms with Crippen molar-refractivity contribution < 1.29 is 4.92 Å². The normalized spacial score (nSPS) is 16.3. The Hall–Kier alpha value is -1.96. The third-order valence-corrected chi connectivity index (χ3v) is 3.04. The van der Waals surface area contributed by atoms with E-state index in [4.69, 9.17) is 5.84 Å². The van der Waals surface area contributed by atoms with Gasteiger partial charge in [0.15, 0.2) is 0 Å². The molecule has 0 saturated heterocycles.